The highest BCUT2D eigenvalue weighted by atomic mass is 32.2. The van der Waals surface area contributed by atoms with Crippen molar-refractivity contribution in [1.82, 2.24) is 14.3 Å². The summed E-state index contributed by atoms with van der Waals surface area (Å²) >= 11 is 0. The molecular formula is C10H23N3O3S. The smallest absolute Gasteiger partial charge is 0.279 e. The summed E-state index contributed by atoms with van der Waals surface area (Å²) in [6, 6.07) is 0. The van der Waals surface area contributed by atoms with Gasteiger partial charge in [-0.25, -0.2) is 4.72 Å². The van der Waals surface area contributed by atoms with Crippen LogP contribution in [-0.2, 0) is 14.9 Å². The monoisotopic (exact) mass is 265 g/mol. The van der Waals surface area contributed by atoms with Crippen molar-refractivity contribution < 1.29 is 13.2 Å². The second-order valence-electron chi connectivity index (χ2n) is 4.01. The molecule has 0 aromatic heterocycles. The molecule has 1 aliphatic rings. The molecule has 6 nitrogen and oxygen atoms in total. The van der Waals surface area contributed by atoms with E-state index in [1.807, 2.05) is 6.92 Å². The zero-order valence-electron chi connectivity index (χ0n) is 10.4. The minimum Gasteiger partial charge on any atom is -0.381 e. The third kappa shape index (κ3) is 5.78. The predicted molar refractivity (Wildman–Crippen MR) is 67.1 cm³/mol. The fourth-order valence-corrected chi connectivity index (χ4v) is 2.85. The maximum absolute atomic E-state index is 11.8. The minimum atomic E-state index is -3.29. The van der Waals surface area contributed by atoms with E-state index in [2.05, 4.69) is 10.0 Å². The number of ether oxygens (including phenoxy) is 1. The number of hydrogen-bond donors (Lipinski definition) is 2. The Morgan fingerprint density at radius 2 is 2.00 bits per heavy atom. The Kier molecular flexibility index (Phi) is 6.98. The van der Waals surface area contributed by atoms with Crippen molar-refractivity contribution in [3.05, 3.63) is 0 Å². The van der Waals surface area contributed by atoms with Crippen molar-refractivity contribution in [2.45, 2.75) is 19.8 Å². The van der Waals surface area contributed by atoms with E-state index in [9.17, 15) is 8.42 Å². The molecular weight excluding hydrogens is 242 g/mol. The molecule has 2 N–H and O–H groups in total. The topological polar surface area (TPSA) is 70.7 Å². The van der Waals surface area contributed by atoms with Crippen molar-refractivity contribution in [3.8, 4) is 0 Å². The lowest BCUT2D eigenvalue weighted by atomic mass is 10.4. The number of rotatable bonds is 8. The Labute approximate surface area is 104 Å². The fraction of sp³-hybridized carbons (Fsp3) is 1.00. The molecule has 1 rings (SSSR count). The molecule has 0 bridgehead atoms. The second-order valence-corrected chi connectivity index (χ2v) is 5.77. The van der Waals surface area contributed by atoms with Gasteiger partial charge >= 0.3 is 0 Å². The summed E-state index contributed by atoms with van der Waals surface area (Å²) in [5.41, 5.74) is 0. The molecule has 0 radical (unpaired) electrons. The molecule has 102 valence electrons. The molecule has 0 aromatic carbocycles. The molecule has 0 spiro atoms. The van der Waals surface area contributed by atoms with Crippen LogP contribution in [-0.4, -0.2) is 58.7 Å². The lowest BCUT2D eigenvalue weighted by molar-refractivity contribution is 0.133. The minimum absolute atomic E-state index is 0.440. The maximum atomic E-state index is 11.8. The van der Waals surface area contributed by atoms with E-state index < -0.39 is 10.2 Å². The quantitative estimate of drug-likeness (QED) is 0.583. The molecule has 0 saturated carbocycles. The van der Waals surface area contributed by atoms with Crippen LogP contribution >= 0.6 is 0 Å². The van der Waals surface area contributed by atoms with Crippen LogP contribution in [0.25, 0.3) is 0 Å². The van der Waals surface area contributed by atoms with E-state index in [4.69, 9.17) is 4.74 Å². The number of hydrogen-bond acceptors (Lipinski definition) is 4. The van der Waals surface area contributed by atoms with Gasteiger partial charge in [0, 0.05) is 45.9 Å². The first-order valence-corrected chi connectivity index (χ1v) is 7.64. The van der Waals surface area contributed by atoms with Gasteiger partial charge in [0.05, 0.1) is 0 Å². The summed E-state index contributed by atoms with van der Waals surface area (Å²) in [6.07, 6.45) is 1.71. The molecule has 7 heteroatoms. The summed E-state index contributed by atoms with van der Waals surface area (Å²) < 4.78 is 33.0. The van der Waals surface area contributed by atoms with Crippen LogP contribution in [0.5, 0.6) is 0 Å². The molecule has 0 atom stereocenters. The Balaban J connectivity index is 2.15. The van der Waals surface area contributed by atoms with E-state index in [0.717, 1.165) is 26.1 Å². The number of nitrogens with zero attached hydrogens (tertiary/aromatic N) is 1. The highest BCUT2D eigenvalue weighted by molar-refractivity contribution is 7.87. The van der Waals surface area contributed by atoms with Crippen LogP contribution in [0.15, 0.2) is 0 Å². The van der Waals surface area contributed by atoms with Crippen molar-refractivity contribution in [3.63, 3.8) is 0 Å². The van der Waals surface area contributed by atoms with E-state index in [1.54, 1.807) is 0 Å². The van der Waals surface area contributed by atoms with Crippen LogP contribution in [0.3, 0.4) is 0 Å². The fourth-order valence-electron chi connectivity index (χ4n) is 1.60. The van der Waals surface area contributed by atoms with E-state index >= 15 is 0 Å². The molecule has 0 amide bonds. The second kappa shape index (κ2) is 7.99. The zero-order valence-corrected chi connectivity index (χ0v) is 11.3. The van der Waals surface area contributed by atoms with Gasteiger partial charge in [-0.2, -0.15) is 12.7 Å². The SMILES string of the molecule is CCCOCCCNS(=O)(=O)N1CCNCC1. The summed E-state index contributed by atoms with van der Waals surface area (Å²) in [6.45, 7) is 6.37. The van der Waals surface area contributed by atoms with Crippen molar-refractivity contribution in [2.24, 2.45) is 0 Å². The molecule has 0 unspecified atom stereocenters. The summed E-state index contributed by atoms with van der Waals surface area (Å²) in [5.74, 6) is 0. The van der Waals surface area contributed by atoms with Crippen LogP contribution in [0.4, 0.5) is 0 Å². The first-order chi connectivity index (χ1) is 8.17. The molecule has 1 heterocycles. The lowest BCUT2D eigenvalue weighted by Gasteiger charge is -2.26. The highest BCUT2D eigenvalue weighted by Gasteiger charge is 2.22. The molecule has 0 aliphatic carbocycles. The zero-order chi connectivity index (χ0) is 12.6. The normalized spacial score (nSPS) is 18.4. The third-order valence-corrected chi connectivity index (χ3v) is 4.13. The van der Waals surface area contributed by atoms with Crippen molar-refractivity contribution in [1.29, 1.82) is 0 Å². The number of nitrogens with one attached hydrogen (secondary N) is 2. The van der Waals surface area contributed by atoms with Gasteiger partial charge in [-0.15, -0.1) is 0 Å². The van der Waals surface area contributed by atoms with Gasteiger partial charge in [0.2, 0.25) is 0 Å². The van der Waals surface area contributed by atoms with Crippen LogP contribution in [0, 0.1) is 0 Å². The first kappa shape index (κ1) is 14.8. The third-order valence-electron chi connectivity index (χ3n) is 2.51. The van der Waals surface area contributed by atoms with Gasteiger partial charge in [-0.1, -0.05) is 6.92 Å². The van der Waals surface area contributed by atoms with Gasteiger partial charge in [0.1, 0.15) is 0 Å². The summed E-state index contributed by atoms with van der Waals surface area (Å²) in [5, 5.41) is 3.12. The van der Waals surface area contributed by atoms with Gasteiger partial charge < -0.3 is 10.1 Å². The molecule has 0 aromatic rings. The van der Waals surface area contributed by atoms with E-state index in [0.29, 0.717) is 32.7 Å². The van der Waals surface area contributed by atoms with Crippen molar-refractivity contribution >= 4 is 10.2 Å². The summed E-state index contributed by atoms with van der Waals surface area (Å²) in [7, 11) is -3.29. The van der Waals surface area contributed by atoms with Gasteiger partial charge in [0.25, 0.3) is 10.2 Å². The Morgan fingerprint density at radius 1 is 1.29 bits per heavy atom. The standard InChI is InChI=1S/C10H23N3O3S/c1-2-9-16-10-3-4-12-17(14,15)13-7-5-11-6-8-13/h11-12H,2-10H2,1H3. The predicted octanol–water partition coefficient (Wildman–Crippen LogP) is -0.457. The molecule has 1 saturated heterocycles. The van der Waals surface area contributed by atoms with Crippen LogP contribution in [0.1, 0.15) is 19.8 Å². The van der Waals surface area contributed by atoms with Crippen LogP contribution < -0.4 is 10.0 Å². The summed E-state index contributed by atoms with van der Waals surface area (Å²) in [4.78, 5) is 0. The van der Waals surface area contributed by atoms with Gasteiger partial charge in [-0.05, 0) is 12.8 Å². The molecule has 1 fully saturated rings. The van der Waals surface area contributed by atoms with Gasteiger partial charge in [0.15, 0.2) is 0 Å². The average molecular weight is 265 g/mol. The number of piperazine rings is 1. The maximum Gasteiger partial charge on any atom is 0.279 e. The Bertz CT molecular complexity index is 289. The van der Waals surface area contributed by atoms with Gasteiger partial charge in [-0.3, -0.25) is 0 Å². The first-order valence-electron chi connectivity index (χ1n) is 6.20. The Morgan fingerprint density at radius 3 is 2.65 bits per heavy atom. The highest BCUT2D eigenvalue weighted by Crippen LogP contribution is 1.99. The largest absolute Gasteiger partial charge is 0.381 e. The van der Waals surface area contributed by atoms with E-state index in [1.165, 1.54) is 4.31 Å². The Hall–Kier alpha value is -0.210. The van der Waals surface area contributed by atoms with E-state index in [-0.39, 0.29) is 0 Å². The van der Waals surface area contributed by atoms with Crippen LogP contribution in [0.2, 0.25) is 0 Å². The molecule has 1 aliphatic heterocycles. The molecule has 17 heavy (non-hydrogen) atoms. The average Bonchev–Trinajstić information content (AvgIpc) is 2.35. The lowest BCUT2D eigenvalue weighted by Crippen LogP contribution is -2.50. The van der Waals surface area contributed by atoms with Crippen molar-refractivity contribution in [2.75, 3.05) is 45.9 Å².